The van der Waals surface area contributed by atoms with Gasteiger partial charge in [-0.05, 0) is 32.9 Å². The van der Waals surface area contributed by atoms with Crippen LogP contribution in [0.5, 0.6) is 0 Å². The Morgan fingerprint density at radius 2 is 2.00 bits per heavy atom. The summed E-state index contributed by atoms with van der Waals surface area (Å²) in [5.74, 6) is -1.65. The summed E-state index contributed by atoms with van der Waals surface area (Å²) in [6.07, 6.45) is -0.749. The predicted octanol–water partition coefficient (Wildman–Crippen LogP) is 3.64. The van der Waals surface area contributed by atoms with Gasteiger partial charge in [0.25, 0.3) is 0 Å². The fourth-order valence-electron chi connectivity index (χ4n) is 1.21. The predicted molar refractivity (Wildman–Crippen MR) is 64.4 cm³/mol. The Morgan fingerprint density at radius 3 is 2.56 bits per heavy atom. The van der Waals surface area contributed by atoms with E-state index in [1.807, 2.05) is 0 Å². The van der Waals surface area contributed by atoms with Crippen molar-refractivity contribution in [1.29, 1.82) is 0 Å². The van der Waals surface area contributed by atoms with E-state index in [0.717, 1.165) is 12.1 Å². The molecule has 0 fully saturated rings. The minimum absolute atomic E-state index is 0.197. The minimum Gasteiger partial charge on any atom is -0.444 e. The molecule has 0 heterocycles. The molecule has 6 heteroatoms. The molecule has 1 aromatic carbocycles. The number of amides is 1. The molecule has 0 saturated heterocycles. The molecule has 1 rings (SSSR count). The van der Waals surface area contributed by atoms with Crippen LogP contribution < -0.4 is 5.32 Å². The van der Waals surface area contributed by atoms with E-state index in [9.17, 15) is 13.6 Å². The zero-order valence-electron chi connectivity index (χ0n) is 10.3. The van der Waals surface area contributed by atoms with Gasteiger partial charge < -0.3 is 10.1 Å². The Balaban J connectivity index is 2.70. The van der Waals surface area contributed by atoms with Crippen molar-refractivity contribution in [2.45, 2.75) is 32.9 Å². The van der Waals surface area contributed by atoms with Gasteiger partial charge in [-0.3, -0.25) is 0 Å². The fraction of sp³-hybridized carbons (Fsp3) is 0.417. The summed E-state index contributed by atoms with van der Waals surface area (Å²) in [5, 5.41) is 2.07. The molecule has 0 radical (unpaired) electrons. The first-order valence-corrected chi connectivity index (χ1v) is 5.68. The van der Waals surface area contributed by atoms with Gasteiger partial charge in [-0.2, -0.15) is 0 Å². The number of carbonyl (C=O) groups is 1. The summed E-state index contributed by atoms with van der Waals surface area (Å²) in [7, 11) is 0. The van der Waals surface area contributed by atoms with Gasteiger partial charge in [-0.25, -0.2) is 13.6 Å². The molecule has 1 aromatic rings. The van der Waals surface area contributed by atoms with Crippen LogP contribution in [0.1, 0.15) is 26.3 Å². The Bertz CT molecular complexity index is 458. The standard InChI is InChI=1S/C12H14ClF2NO2/c1-12(2,3)18-11(17)16-6-7-9(14)5-4-8(13)10(7)15/h4-5H,6H2,1-3H3,(H,16,17). The number of ether oxygens (including phenoxy) is 1. The number of carbonyl (C=O) groups excluding carboxylic acids is 1. The third kappa shape index (κ3) is 4.14. The molecule has 0 aliphatic carbocycles. The summed E-state index contributed by atoms with van der Waals surface area (Å²) in [5.41, 5.74) is -0.969. The first-order valence-electron chi connectivity index (χ1n) is 5.30. The summed E-state index contributed by atoms with van der Waals surface area (Å²) in [4.78, 5) is 11.3. The highest BCUT2D eigenvalue weighted by Crippen LogP contribution is 2.20. The average molecular weight is 278 g/mol. The van der Waals surface area contributed by atoms with Gasteiger partial charge in [-0.1, -0.05) is 11.6 Å². The molecule has 100 valence electrons. The third-order valence-corrected chi connectivity index (χ3v) is 2.24. The highest BCUT2D eigenvalue weighted by molar-refractivity contribution is 6.30. The van der Waals surface area contributed by atoms with Crippen molar-refractivity contribution in [3.05, 3.63) is 34.4 Å². The summed E-state index contributed by atoms with van der Waals surface area (Å²) >= 11 is 5.52. The van der Waals surface area contributed by atoms with E-state index in [4.69, 9.17) is 16.3 Å². The first kappa shape index (κ1) is 14.7. The van der Waals surface area contributed by atoms with Crippen LogP contribution in [0.2, 0.25) is 5.02 Å². The molecular formula is C12H14ClF2NO2. The van der Waals surface area contributed by atoms with Crippen LogP contribution in [0, 0.1) is 11.6 Å². The Morgan fingerprint density at radius 1 is 1.39 bits per heavy atom. The van der Waals surface area contributed by atoms with E-state index in [1.165, 1.54) is 0 Å². The van der Waals surface area contributed by atoms with Gasteiger partial charge in [0.1, 0.15) is 17.2 Å². The van der Waals surface area contributed by atoms with Crippen molar-refractivity contribution in [1.82, 2.24) is 5.32 Å². The van der Waals surface area contributed by atoms with Crippen molar-refractivity contribution < 1.29 is 18.3 Å². The zero-order chi connectivity index (χ0) is 13.9. The van der Waals surface area contributed by atoms with E-state index in [2.05, 4.69) is 5.32 Å². The topological polar surface area (TPSA) is 38.3 Å². The molecule has 1 amide bonds. The first-order chi connectivity index (χ1) is 8.20. The van der Waals surface area contributed by atoms with Crippen LogP contribution in [0.25, 0.3) is 0 Å². The number of hydrogen-bond donors (Lipinski definition) is 1. The quantitative estimate of drug-likeness (QED) is 0.838. The second-order valence-corrected chi connectivity index (χ2v) is 5.08. The molecule has 0 unspecified atom stereocenters. The van der Waals surface area contributed by atoms with Crippen molar-refractivity contribution in [3.8, 4) is 0 Å². The van der Waals surface area contributed by atoms with Crippen LogP contribution >= 0.6 is 11.6 Å². The lowest BCUT2D eigenvalue weighted by Gasteiger charge is -2.19. The summed E-state index contributed by atoms with van der Waals surface area (Å²) in [6.45, 7) is 4.74. The number of alkyl carbamates (subject to hydrolysis) is 1. The minimum atomic E-state index is -0.882. The highest BCUT2D eigenvalue weighted by Gasteiger charge is 2.18. The van der Waals surface area contributed by atoms with Crippen LogP contribution in [0.15, 0.2) is 12.1 Å². The molecule has 0 bridgehead atoms. The Hall–Kier alpha value is -1.36. The maximum absolute atomic E-state index is 13.5. The molecule has 0 aliphatic rings. The fourth-order valence-corrected chi connectivity index (χ4v) is 1.38. The molecule has 0 aromatic heterocycles. The lowest BCUT2D eigenvalue weighted by Crippen LogP contribution is -2.32. The van der Waals surface area contributed by atoms with Crippen molar-refractivity contribution in [3.63, 3.8) is 0 Å². The van der Waals surface area contributed by atoms with Gasteiger partial charge in [0, 0.05) is 5.56 Å². The molecule has 1 N–H and O–H groups in total. The molecule has 0 atom stereocenters. The Kier molecular flexibility index (Phi) is 4.51. The van der Waals surface area contributed by atoms with E-state index in [1.54, 1.807) is 20.8 Å². The summed E-state index contributed by atoms with van der Waals surface area (Å²) < 4.78 is 31.8. The molecule has 0 saturated carbocycles. The monoisotopic (exact) mass is 277 g/mol. The van der Waals surface area contributed by atoms with Crippen molar-refractivity contribution in [2.75, 3.05) is 0 Å². The molecule has 3 nitrogen and oxygen atoms in total. The van der Waals surface area contributed by atoms with Crippen LogP contribution in [0.4, 0.5) is 13.6 Å². The lowest BCUT2D eigenvalue weighted by atomic mass is 10.2. The van der Waals surface area contributed by atoms with Crippen molar-refractivity contribution in [2.24, 2.45) is 0 Å². The third-order valence-electron chi connectivity index (χ3n) is 1.95. The number of hydrogen-bond acceptors (Lipinski definition) is 2. The second-order valence-electron chi connectivity index (χ2n) is 4.68. The average Bonchev–Trinajstić information content (AvgIpc) is 2.21. The largest absolute Gasteiger partial charge is 0.444 e. The highest BCUT2D eigenvalue weighted by atomic mass is 35.5. The molecule has 0 aliphatic heterocycles. The molecular weight excluding hydrogens is 264 g/mol. The summed E-state index contributed by atoms with van der Waals surface area (Å²) in [6, 6.07) is 2.15. The Labute approximate surface area is 109 Å². The number of halogens is 3. The van der Waals surface area contributed by atoms with Crippen LogP contribution in [-0.2, 0) is 11.3 Å². The van der Waals surface area contributed by atoms with Gasteiger partial charge >= 0.3 is 6.09 Å². The van der Waals surface area contributed by atoms with Gasteiger partial charge in [-0.15, -0.1) is 0 Å². The normalized spacial score (nSPS) is 11.2. The molecule has 0 spiro atoms. The maximum Gasteiger partial charge on any atom is 0.407 e. The van der Waals surface area contributed by atoms with E-state index >= 15 is 0 Å². The van der Waals surface area contributed by atoms with Gasteiger partial charge in [0.05, 0.1) is 11.6 Å². The lowest BCUT2D eigenvalue weighted by molar-refractivity contribution is 0.0522. The van der Waals surface area contributed by atoms with E-state index in [0.29, 0.717) is 0 Å². The smallest absolute Gasteiger partial charge is 0.407 e. The number of rotatable bonds is 2. The van der Waals surface area contributed by atoms with Gasteiger partial charge in [0.2, 0.25) is 0 Å². The number of benzene rings is 1. The molecule has 18 heavy (non-hydrogen) atoms. The second kappa shape index (κ2) is 5.52. The number of nitrogens with one attached hydrogen (secondary N) is 1. The van der Waals surface area contributed by atoms with Gasteiger partial charge in [0.15, 0.2) is 0 Å². The van der Waals surface area contributed by atoms with E-state index in [-0.39, 0.29) is 17.1 Å². The SMILES string of the molecule is CC(C)(C)OC(=O)NCc1c(F)ccc(Cl)c1F. The van der Waals surface area contributed by atoms with Crippen molar-refractivity contribution >= 4 is 17.7 Å². The van der Waals surface area contributed by atoms with E-state index < -0.39 is 23.3 Å². The van der Waals surface area contributed by atoms with Crippen LogP contribution in [0.3, 0.4) is 0 Å². The zero-order valence-corrected chi connectivity index (χ0v) is 11.1. The maximum atomic E-state index is 13.5. The van der Waals surface area contributed by atoms with Crippen LogP contribution in [-0.4, -0.2) is 11.7 Å².